The van der Waals surface area contributed by atoms with Gasteiger partial charge in [-0.15, -0.1) is 0 Å². The Morgan fingerprint density at radius 3 is 2.62 bits per heavy atom. The number of rotatable bonds is 9. The van der Waals surface area contributed by atoms with E-state index in [0.29, 0.717) is 30.8 Å². The summed E-state index contributed by atoms with van der Waals surface area (Å²) in [5, 5.41) is 13.4. The van der Waals surface area contributed by atoms with E-state index in [-0.39, 0.29) is 5.91 Å². The fraction of sp³-hybridized carbons (Fsp3) is 0.667. The van der Waals surface area contributed by atoms with Gasteiger partial charge in [0.1, 0.15) is 6.04 Å². The van der Waals surface area contributed by atoms with Crippen LogP contribution in [0.25, 0.3) is 0 Å². The van der Waals surface area contributed by atoms with Crippen molar-refractivity contribution in [2.75, 3.05) is 18.6 Å². The van der Waals surface area contributed by atoms with Gasteiger partial charge >= 0.3 is 5.97 Å². The topological polar surface area (TPSA) is 95.5 Å². The number of thioether (sulfide) groups is 1. The molecule has 92 valence electrons. The summed E-state index contributed by atoms with van der Waals surface area (Å²) in [4.78, 5) is 31.6. The molecule has 0 aliphatic rings. The van der Waals surface area contributed by atoms with Crippen LogP contribution < -0.4 is 10.6 Å². The molecule has 0 aromatic carbocycles. The number of amides is 2. The molecule has 3 N–H and O–H groups in total. The maximum atomic E-state index is 10.8. The first-order valence-corrected chi connectivity index (χ1v) is 5.98. The zero-order valence-corrected chi connectivity index (χ0v) is 9.88. The van der Waals surface area contributed by atoms with Gasteiger partial charge in [-0.2, -0.15) is 11.8 Å². The minimum Gasteiger partial charge on any atom is -0.480 e. The average molecular weight is 248 g/mol. The normalized spacial score (nSPS) is 11.6. The molecule has 7 heteroatoms. The van der Waals surface area contributed by atoms with E-state index in [1.807, 2.05) is 0 Å². The van der Waals surface area contributed by atoms with E-state index in [4.69, 9.17) is 5.11 Å². The number of carboxylic acid groups (broad SMARTS) is 1. The fourth-order valence-corrected chi connectivity index (χ4v) is 1.89. The van der Waals surface area contributed by atoms with Crippen molar-refractivity contribution in [3.05, 3.63) is 0 Å². The van der Waals surface area contributed by atoms with Crippen molar-refractivity contribution in [2.24, 2.45) is 0 Å². The van der Waals surface area contributed by atoms with Gasteiger partial charge in [0.15, 0.2) is 0 Å². The van der Waals surface area contributed by atoms with E-state index in [2.05, 4.69) is 10.6 Å². The molecule has 2 amide bonds. The van der Waals surface area contributed by atoms with Gasteiger partial charge in [-0.1, -0.05) is 0 Å². The summed E-state index contributed by atoms with van der Waals surface area (Å²) in [6.45, 7) is 0. The van der Waals surface area contributed by atoms with E-state index in [9.17, 15) is 14.4 Å². The van der Waals surface area contributed by atoms with Crippen molar-refractivity contribution in [1.82, 2.24) is 10.6 Å². The highest BCUT2D eigenvalue weighted by Gasteiger charge is 2.15. The molecule has 0 bridgehead atoms. The standard InChI is InChI=1S/C9H16N2O4S/c1-10-8(13)3-5-16-4-2-7(9(14)15)11-6-12/h6-7H,2-5H2,1H3,(H,10,13)(H,11,12)(H,14,15). The number of hydrogen-bond donors (Lipinski definition) is 3. The number of carbonyl (C=O) groups is 3. The highest BCUT2D eigenvalue weighted by atomic mass is 32.2. The Labute approximate surface area is 98.2 Å². The number of hydrogen-bond acceptors (Lipinski definition) is 4. The molecule has 16 heavy (non-hydrogen) atoms. The van der Waals surface area contributed by atoms with E-state index in [1.54, 1.807) is 7.05 Å². The average Bonchev–Trinajstić information content (AvgIpc) is 2.26. The van der Waals surface area contributed by atoms with Crippen molar-refractivity contribution in [2.45, 2.75) is 18.9 Å². The molecule has 0 fully saturated rings. The molecule has 0 spiro atoms. The van der Waals surface area contributed by atoms with Crippen molar-refractivity contribution in [1.29, 1.82) is 0 Å². The van der Waals surface area contributed by atoms with Crippen LogP contribution in [0.1, 0.15) is 12.8 Å². The van der Waals surface area contributed by atoms with Crippen molar-refractivity contribution in [3.8, 4) is 0 Å². The Bertz CT molecular complexity index is 248. The molecule has 0 saturated heterocycles. The Morgan fingerprint density at radius 2 is 2.12 bits per heavy atom. The van der Waals surface area contributed by atoms with Crippen LogP contribution in [0.15, 0.2) is 0 Å². The second kappa shape index (κ2) is 9.02. The Morgan fingerprint density at radius 1 is 1.44 bits per heavy atom. The monoisotopic (exact) mass is 248 g/mol. The van der Waals surface area contributed by atoms with Crippen molar-refractivity contribution < 1.29 is 19.5 Å². The molecule has 0 radical (unpaired) electrons. The summed E-state index contributed by atoms with van der Waals surface area (Å²) in [5.74, 6) is 0.161. The van der Waals surface area contributed by atoms with Crippen LogP contribution in [0.3, 0.4) is 0 Å². The molecule has 0 aromatic rings. The second-order valence-corrected chi connectivity index (χ2v) is 4.22. The number of carboxylic acids is 1. The van der Waals surface area contributed by atoms with Crippen LogP contribution in [0.5, 0.6) is 0 Å². The molecule has 0 aromatic heterocycles. The zero-order chi connectivity index (χ0) is 12.4. The van der Waals surface area contributed by atoms with E-state index in [0.717, 1.165) is 0 Å². The van der Waals surface area contributed by atoms with Crippen LogP contribution >= 0.6 is 11.8 Å². The maximum Gasteiger partial charge on any atom is 0.326 e. The zero-order valence-electron chi connectivity index (χ0n) is 9.06. The van der Waals surface area contributed by atoms with Crippen LogP contribution in [0, 0.1) is 0 Å². The van der Waals surface area contributed by atoms with Gasteiger partial charge in [-0.25, -0.2) is 4.79 Å². The van der Waals surface area contributed by atoms with Gasteiger partial charge in [-0.3, -0.25) is 9.59 Å². The second-order valence-electron chi connectivity index (χ2n) is 3.00. The lowest BCUT2D eigenvalue weighted by Crippen LogP contribution is -2.36. The summed E-state index contributed by atoms with van der Waals surface area (Å²) in [7, 11) is 1.57. The Balaban J connectivity index is 3.58. The molecule has 0 aliphatic carbocycles. The van der Waals surface area contributed by atoms with Gasteiger partial charge in [0.2, 0.25) is 12.3 Å². The smallest absolute Gasteiger partial charge is 0.326 e. The number of carbonyl (C=O) groups excluding carboxylic acids is 2. The summed E-state index contributed by atoms with van der Waals surface area (Å²) >= 11 is 1.49. The van der Waals surface area contributed by atoms with E-state index in [1.165, 1.54) is 11.8 Å². The lowest BCUT2D eigenvalue weighted by Gasteiger charge is -2.10. The SMILES string of the molecule is CNC(=O)CCSCCC(NC=O)C(=O)O. The first kappa shape index (κ1) is 14.8. The third kappa shape index (κ3) is 7.10. The summed E-state index contributed by atoms with van der Waals surface area (Å²) in [5.41, 5.74) is 0. The maximum absolute atomic E-state index is 10.8. The molecule has 1 atom stereocenters. The molecule has 0 rings (SSSR count). The lowest BCUT2D eigenvalue weighted by atomic mass is 10.2. The summed E-state index contributed by atoms with van der Waals surface area (Å²) in [6, 6.07) is -0.843. The third-order valence-corrected chi connectivity index (χ3v) is 2.89. The Kier molecular flexibility index (Phi) is 8.32. The number of nitrogens with one attached hydrogen (secondary N) is 2. The van der Waals surface area contributed by atoms with Gasteiger partial charge in [0.05, 0.1) is 0 Å². The van der Waals surface area contributed by atoms with Gasteiger partial charge in [-0.05, 0) is 12.2 Å². The van der Waals surface area contributed by atoms with E-state index >= 15 is 0 Å². The predicted octanol–water partition coefficient (Wildman–Crippen LogP) is -0.555. The molecule has 6 nitrogen and oxygen atoms in total. The molecule has 0 aliphatic heterocycles. The molecular formula is C9H16N2O4S. The molecule has 1 unspecified atom stereocenters. The predicted molar refractivity (Wildman–Crippen MR) is 61.2 cm³/mol. The molecule has 0 heterocycles. The van der Waals surface area contributed by atoms with Crippen molar-refractivity contribution in [3.63, 3.8) is 0 Å². The fourth-order valence-electron chi connectivity index (χ4n) is 0.953. The van der Waals surface area contributed by atoms with Crippen LogP contribution in [0.2, 0.25) is 0 Å². The summed E-state index contributed by atoms with van der Waals surface area (Å²) in [6.07, 6.45) is 1.15. The largest absolute Gasteiger partial charge is 0.480 e. The lowest BCUT2D eigenvalue weighted by molar-refractivity contribution is -0.140. The summed E-state index contributed by atoms with van der Waals surface area (Å²) < 4.78 is 0. The first-order valence-electron chi connectivity index (χ1n) is 4.82. The third-order valence-electron chi connectivity index (χ3n) is 1.87. The molecule has 0 saturated carbocycles. The highest BCUT2D eigenvalue weighted by molar-refractivity contribution is 7.99. The van der Waals surface area contributed by atoms with Crippen LogP contribution in [-0.4, -0.2) is 48.0 Å². The minimum absolute atomic E-state index is 0.0340. The van der Waals surface area contributed by atoms with Crippen molar-refractivity contribution >= 4 is 30.0 Å². The Hall–Kier alpha value is -1.24. The number of aliphatic carboxylic acids is 1. The van der Waals surface area contributed by atoms with Crippen LogP contribution in [-0.2, 0) is 14.4 Å². The van der Waals surface area contributed by atoms with Gasteiger partial charge in [0.25, 0.3) is 0 Å². The van der Waals surface area contributed by atoms with Crippen LogP contribution in [0.4, 0.5) is 0 Å². The quantitative estimate of drug-likeness (QED) is 0.376. The first-order chi connectivity index (χ1) is 7.61. The molecular weight excluding hydrogens is 232 g/mol. The van der Waals surface area contributed by atoms with E-state index < -0.39 is 12.0 Å². The minimum atomic E-state index is -1.04. The van der Waals surface area contributed by atoms with Gasteiger partial charge < -0.3 is 15.7 Å². The highest BCUT2D eigenvalue weighted by Crippen LogP contribution is 2.06. The van der Waals surface area contributed by atoms with Gasteiger partial charge in [0, 0.05) is 19.2 Å².